The Hall–Kier alpha value is -2.44. The monoisotopic (exact) mass is 259 g/mol. The van der Waals surface area contributed by atoms with Gasteiger partial charge in [-0.25, -0.2) is 15.0 Å². The van der Waals surface area contributed by atoms with Gasteiger partial charge in [-0.05, 0) is 12.3 Å². The van der Waals surface area contributed by atoms with E-state index in [1.807, 2.05) is 16.7 Å². The average Bonchev–Trinajstić information content (AvgIpc) is 2.95. The molecule has 98 valence electrons. The van der Waals surface area contributed by atoms with E-state index in [9.17, 15) is 4.79 Å². The Morgan fingerprint density at radius 2 is 2.26 bits per heavy atom. The number of hydrogen-bond donors (Lipinski definition) is 2. The number of aromatic nitrogens is 4. The highest BCUT2D eigenvalue weighted by molar-refractivity contribution is 5.81. The number of fused-ring (bicyclic) bond motifs is 1. The molecule has 7 heteroatoms. The van der Waals surface area contributed by atoms with E-state index in [2.05, 4.69) is 15.0 Å². The maximum Gasteiger partial charge on any atom is 0.303 e. The van der Waals surface area contributed by atoms with Gasteiger partial charge in [0.05, 0.1) is 18.8 Å². The first kappa shape index (κ1) is 11.6. The standard InChI is InChI=1S/C12H13N5O2/c13-11-10-12(15-5-14-11)17(6-16-10)8-2-1-7(3-8)4-9(18)19/h1-2,5-8H,3-4H2,(H,18,19)(H2,13,14,15)/t7-,8+/m0/s1. The van der Waals surface area contributed by atoms with Gasteiger partial charge in [-0.2, -0.15) is 0 Å². The second-order valence-corrected chi connectivity index (χ2v) is 4.63. The highest BCUT2D eigenvalue weighted by atomic mass is 16.4. The fourth-order valence-corrected chi connectivity index (χ4v) is 2.45. The van der Waals surface area contributed by atoms with E-state index in [0.29, 0.717) is 17.0 Å². The molecule has 0 saturated heterocycles. The minimum Gasteiger partial charge on any atom is -0.481 e. The zero-order chi connectivity index (χ0) is 13.4. The summed E-state index contributed by atoms with van der Waals surface area (Å²) < 4.78 is 1.91. The number of nitrogens with zero attached hydrogens (tertiary/aromatic N) is 4. The Labute approximate surface area is 108 Å². The first-order valence-corrected chi connectivity index (χ1v) is 5.98. The predicted octanol–water partition coefficient (Wildman–Crippen LogP) is 1.00. The lowest BCUT2D eigenvalue weighted by atomic mass is 10.0. The number of carboxylic acid groups (broad SMARTS) is 1. The molecule has 0 fully saturated rings. The molecule has 2 atom stereocenters. The molecule has 2 aromatic heterocycles. The van der Waals surface area contributed by atoms with Gasteiger partial charge in [0.1, 0.15) is 11.8 Å². The lowest BCUT2D eigenvalue weighted by molar-refractivity contribution is -0.137. The summed E-state index contributed by atoms with van der Waals surface area (Å²) in [4.78, 5) is 23.0. The van der Waals surface area contributed by atoms with Crippen molar-refractivity contribution < 1.29 is 9.90 Å². The van der Waals surface area contributed by atoms with E-state index in [-0.39, 0.29) is 18.4 Å². The van der Waals surface area contributed by atoms with Gasteiger partial charge in [-0.1, -0.05) is 12.2 Å². The molecule has 19 heavy (non-hydrogen) atoms. The molecule has 2 heterocycles. The van der Waals surface area contributed by atoms with Gasteiger partial charge >= 0.3 is 5.97 Å². The smallest absolute Gasteiger partial charge is 0.303 e. The van der Waals surface area contributed by atoms with E-state index in [0.717, 1.165) is 6.42 Å². The van der Waals surface area contributed by atoms with Crippen LogP contribution in [0.1, 0.15) is 18.9 Å². The average molecular weight is 259 g/mol. The minimum atomic E-state index is -0.780. The van der Waals surface area contributed by atoms with Gasteiger partial charge in [0.25, 0.3) is 0 Å². The van der Waals surface area contributed by atoms with Crippen LogP contribution in [-0.4, -0.2) is 30.6 Å². The Morgan fingerprint density at radius 3 is 3.05 bits per heavy atom. The van der Waals surface area contributed by atoms with Crippen molar-refractivity contribution in [2.24, 2.45) is 5.92 Å². The maximum atomic E-state index is 10.7. The van der Waals surface area contributed by atoms with E-state index < -0.39 is 5.97 Å². The van der Waals surface area contributed by atoms with E-state index in [4.69, 9.17) is 10.8 Å². The molecule has 2 aromatic rings. The van der Waals surface area contributed by atoms with Crippen molar-refractivity contribution in [1.29, 1.82) is 0 Å². The number of hydrogen-bond acceptors (Lipinski definition) is 5. The fourth-order valence-electron chi connectivity index (χ4n) is 2.45. The summed E-state index contributed by atoms with van der Waals surface area (Å²) in [5.74, 6) is -0.371. The van der Waals surface area contributed by atoms with Gasteiger partial charge in [0.2, 0.25) is 0 Å². The summed E-state index contributed by atoms with van der Waals surface area (Å²) in [6, 6.07) is 0.0728. The molecule has 0 aliphatic heterocycles. The number of carbonyl (C=O) groups is 1. The molecule has 1 aliphatic rings. The third-order valence-corrected chi connectivity index (χ3v) is 3.33. The molecule has 0 bridgehead atoms. The Balaban J connectivity index is 1.89. The second-order valence-electron chi connectivity index (χ2n) is 4.63. The summed E-state index contributed by atoms with van der Waals surface area (Å²) in [6.07, 6.45) is 7.90. The molecular formula is C12H13N5O2. The number of carboxylic acids is 1. The third kappa shape index (κ3) is 2.03. The zero-order valence-electron chi connectivity index (χ0n) is 10.1. The fraction of sp³-hybridized carbons (Fsp3) is 0.333. The number of aliphatic carboxylic acids is 1. The highest BCUT2D eigenvalue weighted by Crippen LogP contribution is 2.32. The van der Waals surface area contributed by atoms with Crippen LogP contribution in [0, 0.1) is 5.92 Å². The Kier molecular flexibility index (Phi) is 2.66. The van der Waals surface area contributed by atoms with E-state index in [1.165, 1.54) is 6.33 Å². The largest absolute Gasteiger partial charge is 0.481 e. The van der Waals surface area contributed by atoms with Crippen LogP contribution in [0.3, 0.4) is 0 Å². The molecule has 3 N–H and O–H groups in total. The van der Waals surface area contributed by atoms with Gasteiger partial charge in [-0.3, -0.25) is 4.79 Å². The van der Waals surface area contributed by atoms with Crippen LogP contribution in [-0.2, 0) is 4.79 Å². The number of anilines is 1. The number of nitrogens with two attached hydrogens (primary N) is 1. The van der Waals surface area contributed by atoms with Crippen LogP contribution >= 0.6 is 0 Å². The maximum absolute atomic E-state index is 10.7. The normalized spacial score (nSPS) is 22.1. The molecule has 0 aromatic carbocycles. The van der Waals surface area contributed by atoms with Crippen molar-refractivity contribution in [3.8, 4) is 0 Å². The number of rotatable bonds is 3. The third-order valence-electron chi connectivity index (χ3n) is 3.33. The van der Waals surface area contributed by atoms with Crippen LogP contribution in [0.2, 0.25) is 0 Å². The summed E-state index contributed by atoms with van der Waals surface area (Å²) in [5.41, 5.74) is 7.00. The number of imidazole rings is 1. The van der Waals surface area contributed by atoms with Crippen molar-refractivity contribution in [3.05, 3.63) is 24.8 Å². The molecule has 0 amide bonds. The minimum absolute atomic E-state index is 0.0548. The van der Waals surface area contributed by atoms with Gasteiger partial charge in [-0.15, -0.1) is 0 Å². The summed E-state index contributed by atoms with van der Waals surface area (Å²) in [5, 5.41) is 8.81. The molecule has 3 rings (SSSR count). The molecule has 7 nitrogen and oxygen atoms in total. The van der Waals surface area contributed by atoms with E-state index in [1.54, 1.807) is 6.33 Å². The van der Waals surface area contributed by atoms with E-state index >= 15 is 0 Å². The first-order chi connectivity index (χ1) is 9.15. The van der Waals surface area contributed by atoms with Crippen molar-refractivity contribution in [2.45, 2.75) is 18.9 Å². The van der Waals surface area contributed by atoms with Crippen molar-refractivity contribution >= 4 is 23.0 Å². The lowest BCUT2D eigenvalue weighted by Gasteiger charge is -2.12. The predicted molar refractivity (Wildman–Crippen MR) is 68.3 cm³/mol. The lowest BCUT2D eigenvalue weighted by Crippen LogP contribution is -2.08. The summed E-state index contributed by atoms with van der Waals surface area (Å²) in [6.45, 7) is 0. The molecular weight excluding hydrogens is 246 g/mol. The summed E-state index contributed by atoms with van der Waals surface area (Å²) in [7, 11) is 0. The SMILES string of the molecule is Nc1ncnc2c1ncn2[C@@H]1C=C[C@H](CC(=O)O)C1. The molecule has 0 spiro atoms. The highest BCUT2D eigenvalue weighted by Gasteiger charge is 2.24. The topological polar surface area (TPSA) is 107 Å². The Morgan fingerprint density at radius 1 is 1.42 bits per heavy atom. The van der Waals surface area contributed by atoms with Crippen LogP contribution in [0.5, 0.6) is 0 Å². The van der Waals surface area contributed by atoms with Gasteiger partial charge < -0.3 is 15.4 Å². The second kappa shape index (κ2) is 4.34. The molecule has 0 radical (unpaired) electrons. The van der Waals surface area contributed by atoms with Crippen molar-refractivity contribution in [1.82, 2.24) is 19.5 Å². The van der Waals surface area contributed by atoms with Gasteiger partial charge in [0, 0.05) is 0 Å². The first-order valence-electron chi connectivity index (χ1n) is 5.98. The quantitative estimate of drug-likeness (QED) is 0.796. The molecule has 1 aliphatic carbocycles. The van der Waals surface area contributed by atoms with Crippen LogP contribution in [0.4, 0.5) is 5.82 Å². The van der Waals surface area contributed by atoms with Gasteiger partial charge in [0.15, 0.2) is 11.5 Å². The summed E-state index contributed by atoms with van der Waals surface area (Å²) >= 11 is 0. The zero-order valence-corrected chi connectivity index (χ0v) is 10.1. The van der Waals surface area contributed by atoms with Crippen LogP contribution in [0.25, 0.3) is 11.2 Å². The van der Waals surface area contributed by atoms with Crippen molar-refractivity contribution in [3.63, 3.8) is 0 Å². The molecule has 0 saturated carbocycles. The number of allylic oxidation sites excluding steroid dienone is 2. The van der Waals surface area contributed by atoms with Crippen LogP contribution < -0.4 is 5.73 Å². The molecule has 0 unspecified atom stereocenters. The Bertz CT molecular complexity index is 663. The van der Waals surface area contributed by atoms with Crippen LogP contribution in [0.15, 0.2) is 24.8 Å². The number of nitrogen functional groups attached to an aromatic ring is 1. The van der Waals surface area contributed by atoms with Crippen molar-refractivity contribution in [2.75, 3.05) is 5.73 Å².